The van der Waals surface area contributed by atoms with Crippen LogP contribution in [-0.2, 0) is 9.59 Å². The van der Waals surface area contributed by atoms with E-state index in [1.54, 1.807) is 49.6 Å². The van der Waals surface area contributed by atoms with Crippen LogP contribution >= 0.6 is 11.6 Å². The fraction of sp³-hybridized carbons (Fsp3) is 0.458. The Bertz CT molecular complexity index is 795. The molecule has 2 rings (SSSR count). The number of hydrogen-bond donors (Lipinski definition) is 1. The number of nitrogens with zero attached hydrogens (tertiary/aromatic N) is 3. The van der Waals surface area contributed by atoms with Gasteiger partial charge in [0.25, 0.3) is 0 Å². The molecule has 1 aromatic carbocycles. The fourth-order valence-corrected chi connectivity index (χ4v) is 3.16. The summed E-state index contributed by atoms with van der Waals surface area (Å²) in [5.74, 6) is -0.108. The number of aromatic nitrogens is 1. The number of benzene rings is 1. The number of halogens is 1. The summed E-state index contributed by atoms with van der Waals surface area (Å²) in [5, 5.41) is 0.607. The minimum absolute atomic E-state index is 0.0395. The fourth-order valence-electron chi connectivity index (χ4n) is 2.96. The first-order chi connectivity index (χ1) is 14.6. The third-order valence-corrected chi connectivity index (χ3v) is 4.54. The number of hydrogen-bond acceptors (Lipinski definition) is 5. The molecule has 172 valence electrons. The number of amides is 1. The van der Waals surface area contributed by atoms with Crippen LogP contribution < -0.4 is 5.73 Å². The molecule has 0 saturated heterocycles. The van der Waals surface area contributed by atoms with Gasteiger partial charge in [-0.3, -0.25) is 24.4 Å². The predicted molar refractivity (Wildman–Crippen MR) is 129 cm³/mol. The molecule has 7 heteroatoms. The van der Waals surface area contributed by atoms with Gasteiger partial charge in [-0.15, -0.1) is 0 Å². The second-order valence-corrected chi connectivity index (χ2v) is 7.97. The lowest BCUT2D eigenvalue weighted by molar-refractivity contribution is -0.126. The molecular weight excluding hydrogens is 412 g/mol. The van der Waals surface area contributed by atoms with E-state index in [0.717, 1.165) is 11.1 Å². The molecule has 31 heavy (non-hydrogen) atoms. The van der Waals surface area contributed by atoms with Gasteiger partial charge in [0.1, 0.15) is 6.04 Å². The molecule has 1 aromatic heterocycles. The van der Waals surface area contributed by atoms with E-state index >= 15 is 0 Å². The van der Waals surface area contributed by atoms with Crippen molar-refractivity contribution in [3.63, 3.8) is 0 Å². The van der Waals surface area contributed by atoms with Crippen LogP contribution in [0.2, 0.25) is 5.02 Å². The zero-order chi connectivity index (χ0) is 24.1. The number of nitrogens with two attached hydrogens (primary N) is 1. The summed E-state index contributed by atoms with van der Waals surface area (Å²) in [6.45, 7) is 7.85. The van der Waals surface area contributed by atoms with Gasteiger partial charge in [-0.1, -0.05) is 57.5 Å². The molecule has 0 bridgehead atoms. The van der Waals surface area contributed by atoms with E-state index < -0.39 is 6.04 Å². The zero-order valence-corrected chi connectivity index (χ0v) is 20.7. The highest BCUT2D eigenvalue weighted by Crippen LogP contribution is 2.22. The Morgan fingerprint density at radius 1 is 0.935 bits per heavy atom. The highest BCUT2D eigenvalue weighted by molar-refractivity contribution is 6.30. The van der Waals surface area contributed by atoms with E-state index in [4.69, 9.17) is 17.3 Å². The number of carbonyl (C=O) groups is 2. The van der Waals surface area contributed by atoms with Crippen LogP contribution in [0.4, 0.5) is 0 Å². The lowest BCUT2D eigenvalue weighted by Gasteiger charge is -2.24. The van der Waals surface area contributed by atoms with Gasteiger partial charge in [0, 0.05) is 23.3 Å². The lowest BCUT2D eigenvalue weighted by atomic mass is 9.96. The molecule has 0 aliphatic rings. The van der Waals surface area contributed by atoms with Gasteiger partial charge in [-0.25, -0.2) is 0 Å². The van der Waals surface area contributed by atoms with Crippen molar-refractivity contribution in [1.82, 2.24) is 14.8 Å². The van der Waals surface area contributed by atoms with Gasteiger partial charge in [0.05, 0.1) is 6.04 Å². The molecule has 0 spiro atoms. The van der Waals surface area contributed by atoms with Crippen molar-refractivity contribution in [3.05, 3.63) is 64.9 Å². The minimum Gasteiger partial charge on any atom is -0.368 e. The highest BCUT2D eigenvalue weighted by Gasteiger charge is 2.24. The van der Waals surface area contributed by atoms with Crippen molar-refractivity contribution < 1.29 is 9.59 Å². The maximum absolute atomic E-state index is 12.0. The Balaban J connectivity index is 0.000000539. The normalized spacial score (nSPS) is 12.4. The maximum atomic E-state index is 12.0. The van der Waals surface area contributed by atoms with Gasteiger partial charge in [0.2, 0.25) is 5.91 Å². The first-order valence-electron chi connectivity index (χ1n) is 10.4. The Morgan fingerprint density at radius 3 is 1.87 bits per heavy atom. The Labute approximate surface area is 192 Å². The van der Waals surface area contributed by atoms with E-state index in [1.807, 2.05) is 64.9 Å². The van der Waals surface area contributed by atoms with Gasteiger partial charge >= 0.3 is 0 Å². The summed E-state index contributed by atoms with van der Waals surface area (Å²) in [6.07, 6.45) is 3.47. The van der Waals surface area contributed by atoms with Gasteiger partial charge < -0.3 is 5.73 Å². The number of carbonyl (C=O) groups excluding carboxylic acids is 2. The third-order valence-electron chi connectivity index (χ3n) is 4.31. The monoisotopic (exact) mass is 448 g/mol. The summed E-state index contributed by atoms with van der Waals surface area (Å²) in [7, 11) is 7.43. The minimum atomic E-state index is -0.423. The van der Waals surface area contributed by atoms with Crippen LogP contribution in [0.25, 0.3) is 0 Å². The van der Waals surface area contributed by atoms with Crippen LogP contribution in [-0.4, -0.2) is 54.7 Å². The molecule has 1 amide bonds. The summed E-state index contributed by atoms with van der Waals surface area (Å²) in [6, 6.07) is 10.3. The molecular formula is C24H37ClN4O2. The third kappa shape index (κ3) is 9.59. The summed E-state index contributed by atoms with van der Waals surface area (Å²) >= 11 is 5.83. The zero-order valence-electron chi connectivity index (χ0n) is 20.0. The second-order valence-electron chi connectivity index (χ2n) is 7.53. The van der Waals surface area contributed by atoms with E-state index in [-0.39, 0.29) is 23.7 Å². The van der Waals surface area contributed by atoms with Gasteiger partial charge in [-0.2, -0.15) is 0 Å². The topological polar surface area (TPSA) is 79.5 Å². The van der Waals surface area contributed by atoms with Crippen molar-refractivity contribution in [2.75, 3.05) is 28.2 Å². The quantitative estimate of drug-likeness (QED) is 0.680. The van der Waals surface area contributed by atoms with Gasteiger partial charge in [-0.05, 0) is 57.5 Å². The van der Waals surface area contributed by atoms with E-state index in [9.17, 15) is 9.59 Å². The van der Waals surface area contributed by atoms with Crippen LogP contribution in [0.15, 0.2) is 48.8 Å². The Hall–Kier alpha value is -2.28. The summed E-state index contributed by atoms with van der Waals surface area (Å²) < 4.78 is 0. The van der Waals surface area contributed by atoms with Crippen LogP contribution in [0.5, 0.6) is 0 Å². The lowest BCUT2D eigenvalue weighted by Crippen LogP contribution is -2.32. The van der Waals surface area contributed by atoms with Crippen molar-refractivity contribution in [1.29, 1.82) is 0 Å². The number of likely N-dealkylation sites (N-methyl/N-ethyl adjacent to an activating group) is 2. The van der Waals surface area contributed by atoms with Crippen LogP contribution in [0, 0.1) is 5.92 Å². The molecule has 2 aromatic rings. The molecule has 1 heterocycles. The van der Waals surface area contributed by atoms with Crippen molar-refractivity contribution in [2.45, 2.75) is 39.8 Å². The highest BCUT2D eigenvalue weighted by atomic mass is 35.5. The van der Waals surface area contributed by atoms with E-state index in [2.05, 4.69) is 4.98 Å². The standard InChI is InChI=1S/C12H18N2O.C10H13ClN2O.C2H6/c1-9(2)12(15)11(14(3)4)10-6-5-7-13-8-10;1-13(2)9(10(12)14)7-4-3-5-8(11)6-7;1-2/h5-9,11H,1-4H3;3-6,9H,1-2H3,(H2,12,14);1-2H3. The van der Waals surface area contributed by atoms with Crippen molar-refractivity contribution >= 4 is 23.3 Å². The molecule has 2 atom stereocenters. The number of ketones is 1. The Morgan fingerprint density at radius 2 is 1.48 bits per heavy atom. The molecule has 2 unspecified atom stereocenters. The van der Waals surface area contributed by atoms with Crippen LogP contribution in [0.3, 0.4) is 0 Å². The molecule has 0 aliphatic heterocycles. The summed E-state index contributed by atoms with van der Waals surface area (Å²) in [4.78, 5) is 30.9. The number of primary amides is 1. The number of pyridine rings is 1. The average Bonchev–Trinajstić information content (AvgIpc) is 2.70. The number of rotatable bonds is 7. The van der Waals surface area contributed by atoms with E-state index in [1.165, 1.54) is 0 Å². The molecule has 0 fully saturated rings. The summed E-state index contributed by atoms with van der Waals surface area (Å²) in [5.41, 5.74) is 7.07. The molecule has 6 nitrogen and oxygen atoms in total. The van der Waals surface area contributed by atoms with Crippen molar-refractivity contribution in [2.24, 2.45) is 11.7 Å². The Kier molecular flexibility index (Phi) is 13.6. The second kappa shape index (κ2) is 14.7. The van der Waals surface area contributed by atoms with E-state index in [0.29, 0.717) is 5.02 Å². The van der Waals surface area contributed by atoms with Gasteiger partial charge in [0.15, 0.2) is 5.78 Å². The smallest absolute Gasteiger partial charge is 0.239 e. The molecule has 0 saturated carbocycles. The molecule has 0 radical (unpaired) electrons. The predicted octanol–water partition coefficient (Wildman–Crippen LogP) is 4.36. The molecule has 2 N–H and O–H groups in total. The molecule has 0 aliphatic carbocycles. The maximum Gasteiger partial charge on any atom is 0.239 e. The van der Waals surface area contributed by atoms with Crippen LogP contribution in [0.1, 0.15) is 50.9 Å². The average molecular weight is 449 g/mol. The van der Waals surface area contributed by atoms with Crippen molar-refractivity contribution in [3.8, 4) is 0 Å². The SMILES string of the molecule is CC.CC(C)C(=O)C(c1cccnc1)N(C)C.CN(C)C(C(N)=O)c1cccc(Cl)c1. The first-order valence-corrected chi connectivity index (χ1v) is 10.7. The first kappa shape index (κ1) is 28.7. The largest absolute Gasteiger partial charge is 0.368 e. The number of Topliss-reactive ketones (excluding diaryl/α,β-unsaturated/α-hetero) is 1.